The molecular formula is C16H18N2O3S. The van der Waals surface area contributed by atoms with Gasteiger partial charge in [-0.2, -0.15) is 0 Å². The second-order valence-electron chi connectivity index (χ2n) is 4.80. The van der Waals surface area contributed by atoms with Gasteiger partial charge in [0.25, 0.3) is 0 Å². The van der Waals surface area contributed by atoms with Gasteiger partial charge in [-0.25, -0.2) is 4.98 Å². The minimum Gasteiger partial charge on any atom is -0.427 e. The van der Waals surface area contributed by atoms with Gasteiger partial charge in [-0.3, -0.25) is 9.59 Å². The lowest BCUT2D eigenvalue weighted by Crippen LogP contribution is -2.10. The highest BCUT2D eigenvalue weighted by Crippen LogP contribution is 2.28. The lowest BCUT2D eigenvalue weighted by atomic mass is 10.0. The Balaban J connectivity index is 2.26. The molecule has 0 amide bonds. The number of hydrogen-bond donors (Lipinski definition) is 0. The minimum atomic E-state index is -0.338. The van der Waals surface area contributed by atoms with Crippen LogP contribution in [0, 0.1) is 0 Å². The van der Waals surface area contributed by atoms with Crippen molar-refractivity contribution in [2.75, 3.05) is 0 Å². The number of carbonyl (C=O) groups is 2. The first-order chi connectivity index (χ1) is 10.5. The number of aromatic nitrogens is 2. The molecule has 1 atom stereocenters. The van der Waals surface area contributed by atoms with Crippen LogP contribution in [0.4, 0.5) is 0 Å². The van der Waals surface area contributed by atoms with E-state index in [-0.39, 0.29) is 17.1 Å². The average molecular weight is 318 g/mol. The van der Waals surface area contributed by atoms with Gasteiger partial charge in [-0.1, -0.05) is 19.1 Å². The number of carbonyl (C=O) groups excluding carboxylic acids is 2. The van der Waals surface area contributed by atoms with E-state index in [2.05, 4.69) is 11.9 Å². The van der Waals surface area contributed by atoms with E-state index in [9.17, 15) is 9.59 Å². The number of benzene rings is 1. The molecule has 1 unspecified atom stereocenters. The third-order valence-corrected chi connectivity index (χ3v) is 3.90. The summed E-state index contributed by atoms with van der Waals surface area (Å²) < 4.78 is 7.04. The zero-order valence-electron chi connectivity index (χ0n) is 12.8. The maximum Gasteiger partial charge on any atom is 0.308 e. The van der Waals surface area contributed by atoms with Crippen molar-refractivity contribution in [3.8, 4) is 5.75 Å². The fourth-order valence-corrected chi connectivity index (χ4v) is 2.93. The Morgan fingerprint density at radius 2 is 1.95 bits per heavy atom. The summed E-state index contributed by atoms with van der Waals surface area (Å²) in [5.41, 5.74) is 1.07. The molecule has 6 heteroatoms. The van der Waals surface area contributed by atoms with Crippen LogP contribution in [0.15, 0.2) is 41.8 Å². The Kier molecular flexibility index (Phi) is 5.38. The van der Waals surface area contributed by atoms with E-state index in [1.807, 2.05) is 22.9 Å². The van der Waals surface area contributed by atoms with Gasteiger partial charge in [0.1, 0.15) is 5.75 Å². The topological polar surface area (TPSA) is 61.2 Å². The van der Waals surface area contributed by atoms with Gasteiger partial charge < -0.3 is 9.30 Å². The van der Waals surface area contributed by atoms with Crippen LogP contribution in [-0.2, 0) is 9.59 Å². The van der Waals surface area contributed by atoms with Gasteiger partial charge in [-0.15, -0.1) is 0 Å². The molecule has 0 radical (unpaired) electrons. The molecule has 0 saturated heterocycles. The van der Waals surface area contributed by atoms with E-state index in [0.717, 1.165) is 23.7 Å². The molecule has 0 spiro atoms. The summed E-state index contributed by atoms with van der Waals surface area (Å²) in [6.45, 7) is 4.98. The largest absolute Gasteiger partial charge is 0.427 e. The van der Waals surface area contributed by atoms with Crippen molar-refractivity contribution in [1.29, 1.82) is 0 Å². The van der Waals surface area contributed by atoms with Crippen LogP contribution in [0.3, 0.4) is 0 Å². The first-order valence-electron chi connectivity index (χ1n) is 7.01. The van der Waals surface area contributed by atoms with Gasteiger partial charge in [0, 0.05) is 26.2 Å². The maximum absolute atomic E-state index is 11.3. The molecule has 1 aromatic carbocycles. The number of nitrogens with zero attached hydrogens (tertiary/aromatic N) is 2. The normalized spacial score (nSPS) is 12.0. The summed E-state index contributed by atoms with van der Waals surface area (Å²) >= 11 is 1.13. The van der Waals surface area contributed by atoms with E-state index >= 15 is 0 Å². The van der Waals surface area contributed by atoms with Crippen molar-refractivity contribution in [2.24, 2.45) is 0 Å². The Morgan fingerprint density at radius 3 is 2.50 bits per heavy atom. The predicted molar refractivity (Wildman–Crippen MR) is 84.9 cm³/mol. The van der Waals surface area contributed by atoms with Crippen molar-refractivity contribution in [3.05, 3.63) is 42.2 Å². The lowest BCUT2D eigenvalue weighted by Gasteiger charge is -2.19. The minimum absolute atomic E-state index is 0.00695. The molecule has 0 aliphatic rings. The molecular weight excluding hydrogens is 300 g/mol. The molecule has 0 N–H and O–H groups in total. The van der Waals surface area contributed by atoms with E-state index in [0.29, 0.717) is 10.9 Å². The van der Waals surface area contributed by atoms with E-state index in [1.54, 1.807) is 18.3 Å². The number of esters is 1. The van der Waals surface area contributed by atoms with Crippen molar-refractivity contribution in [1.82, 2.24) is 9.55 Å². The molecule has 5 nitrogen and oxygen atoms in total. The molecule has 1 aromatic heterocycles. The molecule has 0 aliphatic heterocycles. The van der Waals surface area contributed by atoms with Crippen LogP contribution in [-0.4, -0.2) is 20.6 Å². The van der Waals surface area contributed by atoms with Gasteiger partial charge in [0.2, 0.25) is 0 Å². The molecule has 2 rings (SSSR count). The Hall–Kier alpha value is -2.08. The van der Waals surface area contributed by atoms with Crippen molar-refractivity contribution in [2.45, 2.75) is 38.4 Å². The molecule has 0 saturated carbocycles. The standard InChI is InChI=1S/C16H18N2O3S/c1-4-15(18-10-9-17-16(18)22-12(3)20)13-5-7-14(8-6-13)21-11(2)19/h5-10,15H,4H2,1-3H3. The van der Waals surface area contributed by atoms with Crippen molar-refractivity contribution >= 4 is 22.8 Å². The second-order valence-corrected chi connectivity index (χ2v) is 5.94. The molecule has 22 heavy (non-hydrogen) atoms. The quantitative estimate of drug-likeness (QED) is 0.480. The first-order valence-corrected chi connectivity index (χ1v) is 7.82. The highest BCUT2D eigenvalue weighted by molar-refractivity contribution is 8.13. The lowest BCUT2D eigenvalue weighted by molar-refractivity contribution is -0.131. The van der Waals surface area contributed by atoms with Crippen LogP contribution in [0.2, 0.25) is 0 Å². The molecule has 2 aromatic rings. The van der Waals surface area contributed by atoms with Gasteiger partial charge in [-0.05, 0) is 35.9 Å². The van der Waals surface area contributed by atoms with E-state index in [4.69, 9.17) is 4.74 Å². The third-order valence-electron chi connectivity index (χ3n) is 3.12. The maximum atomic E-state index is 11.3. The van der Waals surface area contributed by atoms with Crippen molar-refractivity contribution < 1.29 is 14.3 Å². The van der Waals surface area contributed by atoms with E-state index in [1.165, 1.54) is 13.8 Å². The van der Waals surface area contributed by atoms with Crippen LogP contribution < -0.4 is 4.74 Å². The van der Waals surface area contributed by atoms with Gasteiger partial charge in [0.05, 0.1) is 6.04 Å². The summed E-state index contributed by atoms with van der Waals surface area (Å²) in [6.07, 6.45) is 4.43. The highest BCUT2D eigenvalue weighted by Gasteiger charge is 2.16. The van der Waals surface area contributed by atoms with Crippen LogP contribution in [0.25, 0.3) is 0 Å². The number of thioether (sulfide) groups is 1. The summed E-state index contributed by atoms with van der Waals surface area (Å²) in [5, 5.41) is 0.691. The Labute approximate surface area is 133 Å². The van der Waals surface area contributed by atoms with Crippen molar-refractivity contribution in [3.63, 3.8) is 0 Å². The summed E-state index contributed by atoms with van der Waals surface area (Å²) in [7, 11) is 0. The monoisotopic (exact) mass is 318 g/mol. The molecule has 0 aliphatic carbocycles. The molecule has 116 valence electrons. The average Bonchev–Trinajstić information content (AvgIpc) is 2.88. The summed E-state index contributed by atoms with van der Waals surface area (Å²) in [5.74, 6) is 0.185. The number of hydrogen-bond acceptors (Lipinski definition) is 5. The van der Waals surface area contributed by atoms with Gasteiger partial charge >= 0.3 is 5.97 Å². The van der Waals surface area contributed by atoms with Crippen LogP contribution in [0.5, 0.6) is 5.75 Å². The smallest absolute Gasteiger partial charge is 0.308 e. The van der Waals surface area contributed by atoms with Crippen LogP contribution in [0.1, 0.15) is 38.8 Å². The SMILES string of the molecule is CCC(c1ccc(OC(C)=O)cc1)n1ccnc1SC(C)=O. The summed E-state index contributed by atoms with van der Waals surface area (Å²) in [4.78, 5) is 26.5. The fraction of sp³-hybridized carbons (Fsp3) is 0.312. The Morgan fingerprint density at radius 1 is 1.27 bits per heavy atom. The van der Waals surface area contributed by atoms with Crippen LogP contribution >= 0.6 is 11.8 Å². The molecule has 0 bridgehead atoms. The number of rotatable bonds is 5. The zero-order valence-corrected chi connectivity index (χ0v) is 13.6. The van der Waals surface area contributed by atoms with E-state index < -0.39 is 0 Å². The first kappa shape index (κ1) is 16.3. The predicted octanol–water partition coefficient (Wildman–Crippen LogP) is 3.45. The second kappa shape index (κ2) is 7.26. The fourth-order valence-electron chi connectivity index (χ4n) is 2.26. The third kappa shape index (κ3) is 3.98. The number of imidazole rings is 1. The molecule has 0 fully saturated rings. The van der Waals surface area contributed by atoms with Gasteiger partial charge in [0.15, 0.2) is 10.3 Å². The zero-order chi connectivity index (χ0) is 16.1. The Bertz CT molecular complexity index is 664. The molecule has 1 heterocycles. The summed E-state index contributed by atoms with van der Waals surface area (Å²) in [6, 6.07) is 7.47. The number of ether oxygens (including phenoxy) is 1. The highest BCUT2D eigenvalue weighted by atomic mass is 32.2.